The van der Waals surface area contributed by atoms with Crippen molar-refractivity contribution in [2.45, 2.75) is 13.3 Å². The van der Waals surface area contributed by atoms with Gasteiger partial charge in [0.2, 0.25) is 0 Å². The fourth-order valence-electron chi connectivity index (χ4n) is 2.03. The van der Waals surface area contributed by atoms with Crippen LogP contribution in [0.5, 0.6) is 5.75 Å². The third-order valence-electron chi connectivity index (χ3n) is 3.17. The average molecular weight is 342 g/mol. The van der Waals surface area contributed by atoms with Crippen molar-refractivity contribution in [2.75, 3.05) is 27.3 Å². The third kappa shape index (κ3) is 6.15. The maximum atomic E-state index is 11.9. The summed E-state index contributed by atoms with van der Waals surface area (Å²) < 4.78 is 10.3. The van der Waals surface area contributed by atoms with Gasteiger partial charge in [-0.1, -0.05) is 12.1 Å². The molecule has 0 aromatic heterocycles. The van der Waals surface area contributed by atoms with Crippen LogP contribution in [0.15, 0.2) is 36.4 Å². The van der Waals surface area contributed by atoms with Crippen LogP contribution in [0.1, 0.15) is 18.1 Å². The summed E-state index contributed by atoms with van der Waals surface area (Å²) in [6.45, 7) is 5.54. The summed E-state index contributed by atoms with van der Waals surface area (Å²) in [4.78, 5) is 24.7. The molecule has 132 valence electrons. The second-order valence-electron chi connectivity index (χ2n) is 5.32. The number of allylic oxidation sites excluding steroid dienone is 1. The van der Waals surface area contributed by atoms with E-state index in [4.69, 9.17) is 9.47 Å². The molecular formula is C19H22N2O4. The monoisotopic (exact) mass is 342 g/mol. The van der Waals surface area contributed by atoms with E-state index >= 15 is 0 Å². The standard InChI is InChI=1S/C19H22N2O4/c1-5-7-15-10-14(11-16(12-20)19(23)21(3)4)8-9-17(15)25-13-18(22)24-6-2/h5,8-11H,1,6-7,13H2,2-4H3/b16-11-. The molecule has 0 heterocycles. The lowest BCUT2D eigenvalue weighted by atomic mass is 10.0. The number of esters is 1. The fraction of sp³-hybridized carbons (Fsp3) is 0.316. The molecule has 0 N–H and O–H groups in total. The van der Waals surface area contributed by atoms with E-state index in [1.54, 1.807) is 45.3 Å². The molecule has 0 spiro atoms. The number of ether oxygens (including phenoxy) is 2. The molecule has 0 aliphatic carbocycles. The number of carbonyl (C=O) groups excluding carboxylic acids is 2. The molecule has 0 bridgehead atoms. The molecule has 25 heavy (non-hydrogen) atoms. The summed E-state index contributed by atoms with van der Waals surface area (Å²) in [6, 6.07) is 7.11. The fourth-order valence-corrected chi connectivity index (χ4v) is 2.03. The molecular weight excluding hydrogens is 320 g/mol. The summed E-state index contributed by atoms with van der Waals surface area (Å²) >= 11 is 0. The van der Waals surface area contributed by atoms with E-state index in [1.165, 1.54) is 11.0 Å². The quantitative estimate of drug-likeness (QED) is 0.314. The normalized spacial score (nSPS) is 10.6. The van der Waals surface area contributed by atoms with Gasteiger partial charge in [0.1, 0.15) is 17.4 Å². The van der Waals surface area contributed by atoms with E-state index in [1.807, 2.05) is 6.07 Å². The molecule has 0 atom stereocenters. The Kier molecular flexibility index (Phi) is 7.94. The second-order valence-corrected chi connectivity index (χ2v) is 5.32. The van der Waals surface area contributed by atoms with Crippen LogP contribution >= 0.6 is 0 Å². The molecule has 1 rings (SSSR count). The van der Waals surface area contributed by atoms with Crippen LogP contribution in [0.25, 0.3) is 6.08 Å². The van der Waals surface area contributed by atoms with Gasteiger partial charge in [-0.15, -0.1) is 6.58 Å². The number of nitrogens with zero attached hydrogens (tertiary/aromatic N) is 2. The molecule has 0 aliphatic rings. The van der Waals surface area contributed by atoms with E-state index in [-0.39, 0.29) is 18.1 Å². The van der Waals surface area contributed by atoms with E-state index in [0.29, 0.717) is 24.3 Å². The Labute approximate surface area is 147 Å². The lowest BCUT2D eigenvalue weighted by Gasteiger charge is -2.12. The zero-order valence-electron chi connectivity index (χ0n) is 14.7. The summed E-state index contributed by atoms with van der Waals surface area (Å²) in [5.41, 5.74) is 1.52. The Balaban J connectivity index is 3.07. The van der Waals surface area contributed by atoms with Crippen molar-refractivity contribution in [3.05, 3.63) is 47.6 Å². The lowest BCUT2D eigenvalue weighted by Crippen LogP contribution is -2.22. The van der Waals surface area contributed by atoms with Crippen molar-refractivity contribution < 1.29 is 19.1 Å². The first-order valence-corrected chi connectivity index (χ1v) is 7.78. The van der Waals surface area contributed by atoms with Crippen LogP contribution in [0.3, 0.4) is 0 Å². The number of carbonyl (C=O) groups is 2. The lowest BCUT2D eigenvalue weighted by molar-refractivity contribution is -0.145. The molecule has 1 aromatic rings. The molecule has 0 unspecified atom stereocenters. The van der Waals surface area contributed by atoms with E-state index in [9.17, 15) is 14.9 Å². The summed E-state index contributed by atoms with van der Waals surface area (Å²) in [7, 11) is 3.17. The highest BCUT2D eigenvalue weighted by atomic mass is 16.6. The first kappa shape index (κ1) is 20.0. The molecule has 1 aromatic carbocycles. The predicted octanol–water partition coefficient (Wildman–Crippen LogP) is 2.35. The molecule has 0 radical (unpaired) electrons. The van der Waals surface area contributed by atoms with E-state index in [2.05, 4.69) is 6.58 Å². The molecule has 0 saturated carbocycles. The predicted molar refractivity (Wildman–Crippen MR) is 94.8 cm³/mol. The van der Waals surface area contributed by atoms with Gasteiger partial charge in [-0.25, -0.2) is 4.79 Å². The van der Waals surface area contributed by atoms with Crippen LogP contribution in [-0.4, -0.2) is 44.1 Å². The Bertz CT molecular complexity index is 715. The van der Waals surface area contributed by atoms with Crippen molar-refractivity contribution in [3.8, 4) is 11.8 Å². The van der Waals surface area contributed by atoms with Gasteiger partial charge in [0.25, 0.3) is 5.91 Å². The summed E-state index contributed by atoms with van der Waals surface area (Å²) in [5.74, 6) is -0.280. The second kappa shape index (κ2) is 9.93. The highest BCUT2D eigenvalue weighted by Crippen LogP contribution is 2.23. The number of hydrogen-bond acceptors (Lipinski definition) is 5. The topological polar surface area (TPSA) is 79.6 Å². The van der Waals surface area contributed by atoms with Gasteiger partial charge in [0.15, 0.2) is 6.61 Å². The smallest absolute Gasteiger partial charge is 0.344 e. The Morgan fingerprint density at radius 3 is 2.64 bits per heavy atom. The number of benzene rings is 1. The van der Waals surface area contributed by atoms with Crippen molar-refractivity contribution in [1.82, 2.24) is 4.90 Å². The van der Waals surface area contributed by atoms with Crippen LogP contribution in [0.2, 0.25) is 0 Å². The van der Waals surface area contributed by atoms with Crippen molar-refractivity contribution in [2.24, 2.45) is 0 Å². The SMILES string of the molecule is C=CCc1cc(/C=C(/C#N)C(=O)N(C)C)ccc1OCC(=O)OCC. The van der Waals surface area contributed by atoms with Gasteiger partial charge < -0.3 is 14.4 Å². The maximum Gasteiger partial charge on any atom is 0.344 e. The zero-order chi connectivity index (χ0) is 18.8. The van der Waals surface area contributed by atoms with Crippen LogP contribution < -0.4 is 4.74 Å². The number of likely N-dealkylation sites (N-methyl/N-ethyl adjacent to an activating group) is 1. The van der Waals surface area contributed by atoms with Gasteiger partial charge in [-0.3, -0.25) is 4.79 Å². The molecule has 0 aliphatic heterocycles. The number of rotatable bonds is 8. The Morgan fingerprint density at radius 1 is 1.36 bits per heavy atom. The van der Waals surface area contributed by atoms with E-state index < -0.39 is 5.97 Å². The molecule has 0 saturated heterocycles. The zero-order valence-corrected chi connectivity index (χ0v) is 14.7. The minimum Gasteiger partial charge on any atom is -0.482 e. The van der Waals surface area contributed by atoms with E-state index in [0.717, 1.165) is 5.56 Å². The largest absolute Gasteiger partial charge is 0.482 e. The van der Waals surface area contributed by atoms with Crippen molar-refractivity contribution in [3.63, 3.8) is 0 Å². The van der Waals surface area contributed by atoms with Gasteiger partial charge in [0.05, 0.1) is 6.61 Å². The average Bonchev–Trinajstić information content (AvgIpc) is 2.58. The molecule has 0 fully saturated rings. The minimum atomic E-state index is -0.445. The van der Waals surface area contributed by atoms with Crippen molar-refractivity contribution >= 4 is 18.0 Å². The van der Waals surface area contributed by atoms with Gasteiger partial charge in [-0.05, 0) is 42.7 Å². The van der Waals surface area contributed by atoms with Gasteiger partial charge in [0, 0.05) is 14.1 Å². The van der Waals surface area contributed by atoms with Crippen LogP contribution in [-0.2, 0) is 20.7 Å². The number of hydrogen-bond donors (Lipinski definition) is 0. The van der Waals surface area contributed by atoms with Gasteiger partial charge >= 0.3 is 5.97 Å². The first-order valence-electron chi connectivity index (χ1n) is 7.78. The summed E-state index contributed by atoms with van der Waals surface area (Å²) in [5, 5.41) is 9.17. The summed E-state index contributed by atoms with van der Waals surface area (Å²) in [6.07, 6.45) is 3.74. The molecule has 6 nitrogen and oxygen atoms in total. The van der Waals surface area contributed by atoms with Crippen LogP contribution in [0.4, 0.5) is 0 Å². The first-order chi connectivity index (χ1) is 11.9. The minimum absolute atomic E-state index is 0.0368. The Morgan fingerprint density at radius 2 is 2.08 bits per heavy atom. The van der Waals surface area contributed by atoms with Crippen LogP contribution in [0, 0.1) is 11.3 Å². The number of nitriles is 1. The molecule has 1 amide bonds. The number of amides is 1. The highest BCUT2D eigenvalue weighted by Gasteiger charge is 2.12. The van der Waals surface area contributed by atoms with Crippen molar-refractivity contribution in [1.29, 1.82) is 5.26 Å². The Hall–Kier alpha value is -3.07. The maximum absolute atomic E-state index is 11.9. The highest BCUT2D eigenvalue weighted by molar-refractivity contribution is 6.01. The van der Waals surface area contributed by atoms with Gasteiger partial charge in [-0.2, -0.15) is 5.26 Å². The third-order valence-corrected chi connectivity index (χ3v) is 3.17. The molecule has 6 heteroatoms.